The van der Waals surface area contributed by atoms with Gasteiger partial charge < -0.3 is 20.1 Å². The number of aryl methyl sites for hydroxylation is 1. The Bertz CT molecular complexity index is 991. The van der Waals surface area contributed by atoms with Crippen molar-refractivity contribution in [3.8, 4) is 5.75 Å². The lowest BCUT2D eigenvalue weighted by atomic mass is 9.85. The summed E-state index contributed by atoms with van der Waals surface area (Å²) in [6.07, 6.45) is 3.85. The normalized spacial score (nSPS) is 24.1. The lowest BCUT2D eigenvalue weighted by molar-refractivity contribution is -0.150. The van der Waals surface area contributed by atoms with Gasteiger partial charge in [-0.2, -0.15) is 0 Å². The summed E-state index contributed by atoms with van der Waals surface area (Å²) in [5, 5.41) is 5.72. The van der Waals surface area contributed by atoms with E-state index in [0.717, 1.165) is 17.3 Å². The molecule has 2 bridgehead atoms. The van der Waals surface area contributed by atoms with Crippen molar-refractivity contribution in [2.75, 3.05) is 6.61 Å². The summed E-state index contributed by atoms with van der Waals surface area (Å²) in [6.45, 7) is 1.96. The summed E-state index contributed by atoms with van der Waals surface area (Å²) < 4.78 is 24.9. The van der Waals surface area contributed by atoms with E-state index in [2.05, 4.69) is 15.6 Å². The number of hydrogen-bond donors (Lipinski definition) is 2. The second-order valence-corrected chi connectivity index (χ2v) is 8.42. The highest BCUT2D eigenvalue weighted by molar-refractivity contribution is 6.30. The molecular weight excluding hydrogens is 425 g/mol. The number of nitrogens with zero attached hydrogens (tertiary/aromatic N) is 1. The van der Waals surface area contributed by atoms with Crippen LogP contribution >= 0.6 is 11.6 Å². The van der Waals surface area contributed by atoms with Crippen LogP contribution < -0.4 is 15.4 Å². The van der Waals surface area contributed by atoms with E-state index >= 15 is 0 Å². The molecule has 164 valence electrons. The number of aromatic nitrogens is 1. The van der Waals surface area contributed by atoms with Crippen molar-refractivity contribution >= 4 is 23.4 Å². The SMILES string of the molecule is Cc1ccc(CNC(=O)C23CCC(NC(=O)COc4ccc(Cl)c(F)c4)(CC2)O3)nc1. The van der Waals surface area contributed by atoms with Crippen molar-refractivity contribution in [2.24, 2.45) is 0 Å². The van der Waals surface area contributed by atoms with Gasteiger partial charge >= 0.3 is 0 Å². The summed E-state index contributed by atoms with van der Waals surface area (Å²) >= 11 is 5.64. The molecule has 2 saturated heterocycles. The molecule has 0 radical (unpaired) electrons. The first kappa shape index (κ1) is 21.5. The number of amides is 2. The number of rotatable bonds is 7. The molecule has 1 aromatic heterocycles. The van der Waals surface area contributed by atoms with Gasteiger partial charge in [-0.3, -0.25) is 14.6 Å². The third-order valence-electron chi connectivity index (χ3n) is 5.70. The molecule has 4 rings (SSSR count). The first-order chi connectivity index (χ1) is 14.8. The van der Waals surface area contributed by atoms with Gasteiger partial charge in [0.15, 0.2) is 6.61 Å². The van der Waals surface area contributed by atoms with Crippen molar-refractivity contribution < 1.29 is 23.5 Å². The number of pyridine rings is 1. The van der Waals surface area contributed by atoms with Gasteiger partial charge in [0.25, 0.3) is 11.8 Å². The number of ether oxygens (including phenoxy) is 2. The van der Waals surface area contributed by atoms with Gasteiger partial charge in [0.2, 0.25) is 0 Å². The highest BCUT2D eigenvalue weighted by Gasteiger charge is 2.60. The molecule has 0 saturated carbocycles. The third kappa shape index (κ3) is 4.65. The van der Waals surface area contributed by atoms with Crippen LogP contribution in [0.3, 0.4) is 0 Å². The summed E-state index contributed by atoms with van der Waals surface area (Å²) in [7, 11) is 0. The van der Waals surface area contributed by atoms with E-state index in [1.807, 2.05) is 19.1 Å². The maximum absolute atomic E-state index is 13.5. The highest BCUT2D eigenvalue weighted by atomic mass is 35.5. The molecule has 2 aromatic rings. The number of hydrogen-bond acceptors (Lipinski definition) is 5. The van der Waals surface area contributed by atoms with E-state index in [1.165, 1.54) is 12.1 Å². The third-order valence-corrected chi connectivity index (χ3v) is 6.01. The van der Waals surface area contributed by atoms with E-state index in [1.54, 1.807) is 6.20 Å². The summed E-state index contributed by atoms with van der Waals surface area (Å²) in [4.78, 5) is 29.5. The molecule has 2 aliphatic heterocycles. The first-order valence-electron chi connectivity index (χ1n) is 10.1. The molecule has 2 N–H and O–H groups in total. The van der Waals surface area contributed by atoms with E-state index in [4.69, 9.17) is 21.1 Å². The second kappa shape index (κ2) is 8.43. The minimum absolute atomic E-state index is 0.0197. The van der Waals surface area contributed by atoms with Crippen LogP contribution in [0.1, 0.15) is 36.9 Å². The van der Waals surface area contributed by atoms with Crippen LogP contribution in [0.25, 0.3) is 0 Å². The Morgan fingerprint density at radius 3 is 2.68 bits per heavy atom. The molecule has 3 heterocycles. The first-order valence-corrected chi connectivity index (χ1v) is 10.5. The van der Waals surface area contributed by atoms with Crippen molar-refractivity contribution in [3.63, 3.8) is 0 Å². The Labute approximate surface area is 184 Å². The quantitative estimate of drug-likeness (QED) is 0.681. The van der Waals surface area contributed by atoms with Gasteiger partial charge in [-0.15, -0.1) is 0 Å². The van der Waals surface area contributed by atoms with Crippen molar-refractivity contribution in [2.45, 2.75) is 50.5 Å². The monoisotopic (exact) mass is 447 g/mol. The largest absolute Gasteiger partial charge is 0.484 e. The van der Waals surface area contributed by atoms with Crippen molar-refractivity contribution in [3.05, 3.63) is 58.6 Å². The minimum Gasteiger partial charge on any atom is -0.484 e. The molecule has 2 aliphatic rings. The van der Waals surface area contributed by atoms with Gasteiger partial charge in [-0.1, -0.05) is 17.7 Å². The molecule has 0 spiro atoms. The van der Waals surface area contributed by atoms with Gasteiger partial charge in [0, 0.05) is 12.3 Å². The average Bonchev–Trinajstić information content (AvgIpc) is 3.31. The number of halogens is 2. The fourth-order valence-corrected chi connectivity index (χ4v) is 4.12. The van der Waals surface area contributed by atoms with Crippen LogP contribution in [0.15, 0.2) is 36.5 Å². The molecule has 0 unspecified atom stereocenters. The maximum Gasteiger partial charge on any atom is 0.260 e. The second-order valence-electron chi connectivity index (χ2n) is 8.01. The van der Waals surface area contributed by atoms with E-state index in [0.29, 0.717) is 32.2 Å². The van der Waals surface area contributed by atoms with Gasteiger partial charge in [0.1, 0.15) is 22.9 Å². The number of fused-ring (bicyclic) bond motifs is 2. The highest BCUT2D eigenvalue weighted by Crippen LogP contribution is 2.49. The van der Waals surface area contributed by atoms with Crippen LogP contribution in [0.5, 0.6) is 5.75 Å². The standard InChI is InChI=1S/C22H23ClFN3O4/c1-14-2-3-15(25-11-14)12-26-20(29)21-6-8-22(31-21,9-7-21)27-19(28)13-30-16-4-5-17(23)18(24)10-16/h2-5,10-11H,6-9,12-13H2,1H3,(H,26,29)(H,27,28). The number of carbonyl (C=O) groups excluding carboxylic acids is 2. The molecular formula is C22H23ClFN3O4. The summed E-state index contributed by atoms with van der Waals surface area (Å²) in [6, 6.07) is 7.77. The maximum atomic E-state index is 13.5. The van der Waals surface area contributed by atoms with Gasteiger partial charge in [-0.05, 0) is 56.4 Å². The Kier molecular flexibility index (Phi) is 5.85. The van der Waals surface area contributed by atoms with Crippen LogP contribution in [0.4, 0.5) is 4.39 Å². The zero-order valence-corrected chi connectivity index (χ0v) is 17.8. The van der Waals surface area contributed by atoms with Gasteiger partial charge in [0.05, 0.1) is 17.3 Å². The molecule has 9 heteroatoms. The van der Waals surface area contributed by atoms with E-state index in [-0.39, 0.29) is 23.3 Å². The average molecular weight is 448 g/mol. The summed E-state index contributed by atoms with van der Waals surface area (Å²) in [5.74, 6) is -1.02. The predicted octanol–water partition coefficient (Wildman–Crippen LogP) is 3.03. The Morgan fingerprint density at radius 2 is 2.00 bits per heavy atom. The van der Waals surface area contributed by atoms with Crippen molar-refractivity contribution in [1.29, 1.82) is 0 Å². The minimum atomic E-state index is -0.946. The molecule has 2 fully saturated rings. The summed E-state index contributed by atoms with van der Waals surface area (Å²) in [5.41, 5.74) is -0.0144. The molecule has 0 aliphatic carbocycles. The molecule has 31 heavy (non-hydrogen) atoms. The van der Waals surface area contributed by atoms with Gasteiger partial charge in [-0.25, -0.2) is 4.39 Å². The van der Waals surface area contributed by atoms with Crippen molar-refractivity contribution in [1.82, 2.24) is 15.6 Å². The fourth-order valence-electron chi connectivity index (χ4n) is 4.00. The lowest BCUT2D eigenvalue weighted by Gasteiger charge is -2.25. The molecule has 2 amide bonds. The van der Waals surface area contributed by atoms with E-state index in [9.17, 15) is 14.0 Å². The van der Waals surface area contributed by atoms with E-state index < -0.39 is 23.1 Å². The van der Waals surface area contributed by atoms with Crippen LogP contribution in [0.2, 0.25) is 5.02 Å². The zero-order chi connectivity index (χ0) is 22.1. The molecule has 0 atom stereocenters. The molecule has 1 aromatic carbocycles. The Balaban J connectivity index is 1.29. The van der Waals surface area contributed by atoms with Crippen LogP contribution in [-0.2, 0) is 20.9 Å². The topological polar surface area (TPSA) is 89.6 Å². The lowest BCUT2D eigenvalue weighted by Crippen LogP contribution is -2.49. The fraction of sp³-hybridized carbons (Fsp3) is 0.409. The van der Waals surface area contributed by atoms with Crippen LogP contribution in [-0.4, -0.2) is 34.7 Å². The number of nitrogens with one attached hydrogen (secondary N) is 2. The van der Waals surface area contributed by atoms with Crippen LogP contribution in [0, 0.1) is 12.7 Å². The predicted molar refractivity (Wildman–Crippen MR) is 111 cm³/mol. The number of benzene rings is 1. The smallest absolute Gasteiger partial charge is 0.260 e. The number of carbonyl (C=O) groups is 2. The molecule has 7 nitrogen and oxygen atoms in total. The Morgan fingerprint density at radius 1 is 1.23 bits per heavy atom. The zero-order valence-electron chi connectivity index (χ0n) is 17.0. The Hall–Kier alpha value is -2.71.